The molecule has 4 rings (SSSR count). The Balaban J connectivity index is 1.39. The minimum Gasteiger partial charge on any atom is -0.481 e. The van der Waals surface area contributed by atoms with Crippen LogP contribution in [0.4, 0.5) is 0 Å². The zero-order chi connectivity index (χ0) is 22.5. The third-order valence-corrected chi connectivity index (χ3v) is 5.28. The van der Waals surface area contributed by atoms with Crippen molar-refractivity contribution in [3.8, 4) is 23.0 Å². The topological polar surface area (TPSA) is 122 Å². The monoisotopic (exact) mass is 436 g/mol. The van der Waals surface area contributed by atoms with E-state index in [4.69, 9.17) is 4.74 Å². The van der Waals surface area contributed by atoms with E-state index in [1.165, 1.54) is 24.1 Å². The van der Waals surface area contributed by atoms with E-state index in [2.05, 4.69) is 20.4 Å². The predicted octanol–water partition coefficient (Wildman–Crippen LogP) is 1.37. The van der Waals surface area contributed by atoms with E-state index >= 15 is 0 Å². The van der Waals surface area contributed by atoms with Gasteiger partial charge in [-0.25, -0.2) is 14.6 Å². The highest BCUT2D eigenvalue weighted by Gasteiger charge is 2.19. The van der Waals surface area contributed by atoms with E-state index in [9.17, 15) is 14.4 Å². The molecule has 0 aromatic carbocycles. The molecule has 4 heterocycles. The molecule has 0 spiro atoms. The maximum atomic E-state index is 12.5. The molecule has 0 radical (unpaired) electrons. The zero-order valence-corrected chi connectivity index (χ0v) is 17.7. The quantitative estimate of drug-likeness (QED) is 0.515. The summed E-state index contributed by atoms with van der Waals surface area (Å²) in [5, 5.41) is 5.83. The first-order chi connectivity index (χ1) is 15.6. The van der Waals surface area contributed by atoms with Crippen molar-refractivity contribution in [2.24, 2.45) is 0 Å². The first-order valence-electron chi connectivity index (χ1n) is 10.4. The van der Waals surface area contributed by atoms with Gasteiger partial charge in [0.25, 0.3) is 11.5 Å². The van der Waals surface area contributed by atoms with Crippen molar-refractivity contribution in [1.82, 2.24) is 30.0 Å². The number of pyridine rings is 2. The number of likely N-dealkylation sites (tertiary alicyclic amines) is 1. The standard InChI is InChI=1S/C22H24N6O4/c1-32-22-16(5-2-9-24-22)17-13-20(30)28(26-17)18-8-7-15(14-25-18)21(31)23-10-4-12-27-11-3-6-19(27)29/h2,5,7-9,13-14,26H,3-4,6,10-12H2,1H3,(H,23,31). The molecule has 2 N–H and O–H groups in total. The molecule has 0 saturated carbocycles. The number of aromatic nitrogens is 4. The van der Waals surface area contributed by atoms with E-state index in [1.54, 1.807) is 30.5 Å². The molecule has 0 bridgehead atoms. The minimum atomic E-state index is -0.299. The van der Waals surface area contributed by atoms with Gasteiger partial charge in [-0.05, 0) is 37.1 Å². The van der Waals surface area contributed by atoms with E-state index < -0.39 is 0 Å². The molecule has 10 nitrogen and oxygen atoms in total. The second kappa shape index (κ2) is 9.46. The zero-order valence-electron chi connectivity index (χ0n) is 17.7. The van der Waals surface area contributed by atoms with Gasteiger partial charge in [-0.2, -0.15) is 0 Å². The largest absolute Gasteiger partial charge is 0.481 e. The lowest BCUT2D eigenvalue weighted by molar-refractivity contribution is -0.127. The Morgan fingerprint density at radius 1 is 1.25 bits per heavy atom. The average molecular weight is 436 g/mol. The van der Waals surface area contributed by atoms with Crippen LogP contribution in [-0.2, 0) is 4.79 Å². The number of nitrogens with zero attached hydrogens (tertiary/aromatic N) is 4. The molecular weight excluding hydrogens is 412 g/mol. The number of amides is 2. The van der Waals surface area contributed by atoms with Gasteiger partial charge in [0.05, 0.1) is 23.9 Å². The van der Waals surface area contributed by atoms with Gasteiger partial charge in [0.1, 0.15) is 0 Å². The second-order valence-corrected chi connectivity index (χ2v) is 7.40. The minimum absolute atomic E-state index is 0.181. The summed E-state index contributed by atoms with van der Waals surface area (Å²) in [7, 11) is 1.51. The Morgan fingerprint density at radius 2 is 2.12 bits per heavy atom. The van der Waals surface area contributed by atoms with Crippen LogP contribution in [0, 0.1) is 0 Å². The number of ether oxygens (including phenoxy) is 1. The van der Waals surface area contributed by atoms with Crippen LogP contribution in [0.1, 0.15) is 29.6 Å². The number of hydrogen-bond donors (Lipinski definition) is 2. The summed E-state index contributed by atoms with van der Waals surface area (Å²) >= 11 is 0. The summed E-state index contributed by atoms with van der Waals surface area (Å²) in [6.07, 6.45) is 5.25. The Labute approximate surface area is 184 Å². The maximum absolute atomic E-state index is 12.5. The van der Waals surface area contributed by atoms with Crippen LogP contribution in [0.2, 0.25) is 0 Å². The molecular formula is C22H24N6O4. The second-order valence-electron chi connectivity index (χ2n) is 7.40. The van der Waals surface area contributed by atoms with Crippen LogP contribution in [-0.4, -0.2) is 63.2 Å². The highest BCUT2D eigenvalue weighted by atomic mass is 16.5. The smallest absolute Gasteiger partial charge is 0.273 e. The number of H-pyrrole nitrogens is 1. The first kappa shape index (κ1) is 21.3. The summed E-state index contributed by atoms with van der Waals surface area (Å²) < 4.78 is 6.54. The van der Waals surface area contributed by atoms with Gasteiger partial charge < -0.3 is 15.0 Å². The fourth-order valence-electron chi connectivity index (χ4n) is 3.63. The van der Waals surface area contributed by atoms with Crippen molar-refractivity contribution in [2.45, 2.75) is 19.3 Å². The number of carbonyl (C=O) groups is 2. The summed E-state index contributed by atoms with van der Waals surface area (Å²) in [4.78, 5) is 46.6. The van der Waals surface area contributed by atoms with Gasteiger partial charge in [-0.15, -0.1) is 0 Å². The van der Waals surface area contributed by atoms with E-state index in [0.29, 0.717) is 54.4 Å². The Hall–Kier alpha value is -3.95. The Bertz CT molecular complexity index is 1170. The van der Waals surface area contributed by atoms with Crippen molar-refractivity contribution in [1.29, 1.82) is 0 Å². The molecule has 3 aromatic heterocycles. The van der Waals surface area contributed by atoms with Gasteiger partial charge in [0, 0.05) is 44.5 Å². The van der Waals surface area contributed by atoms with Gasteiger partial charge in [0.15, 0.2) is 5.82 Å². The lowest BCUT2D eigenvalue weighted by Gasteiger charge is -2.15. The molecule has 166 valence electrons. The SMILES string of the molecule is COc1ncccc1-c1cc(=O)n(-c2ccc(C(=O)NCCCN3CCCC3=O)cn2)[nH]1. The summed E-state index contributed by atoms with van der Waals surface area (Å²) in [5.74, 6) is 0.681. The number of carbonyl (C=O) groups excluding carboxylic acids is 2. The molecule has 10 heteroatoms. The number of aromatic amines is 1. The van der Waals surface area contributed by atoms with Gasteiger partial charge in [0.2, 0.25) is 11.8 Å². The van der Waals surface area contributed by atoms with Crippen LogP contribution in [0.15, 0.2) is 47.5 Å². The highest BCUT2D eigenvalue weighted by molar-refractivity contribution is 5.93. The summed E-state index contributed by atoms with van der Waals surface area (Å²) in [6.45, 7) is 1.92. The molecule has 1 aliphatic heterocycles. The van der Waals surface area contributed by atoms with Crippen molar-refractivity contribution in [2.75, 3.05) is 26.7 Å². The average Bonchev–Trinajstić information content (AvgIpc) is 3.41. The maximum Gasteiger partial charge on any atom is 0.273 e. The summed E-state index contributed by atoms with van der Waals surface area (Å²) in [5.41, 5.74) is 1.28. The first-order valence-corrected chi connectivity index (χ1v) is 10.4. The number of rotatable bonds is 8. The van der Waals surface area contributed by atoms with Crippen LogP contribution >= 0.6 is 0 Å². The van der Waals surface area contributed by atoms with Gasteiger partial charge in [-0.1, -0.05) is 0 Å². The molecule has 0 aliphatic carbocycles. The molecule has 32 heavy (non-hydrogen) atoms. The molecule has 1 aliphatic rings. The Morgan fingerprint density at radius 3 is 2.84 bits per heavy atom. The molecule has 1 fully saturated rings. The number of methoxy groups -OCH3 is 1. The van der Waals surface area contributed by atoms with E-state index in [1.807, 2.05) is 4.90 Å². The fraction of sp³-hybridized carbons (Fsp3) is 0.318. The van der Waals surface area contributed by atoms with Gasteiger partial charge in [-0.3, -0.25) is 19.5 Å². The lowest BCUT2D eigenvalue weighted by Crippen LogP contribution is -2.30. The number of hydrogen-bond acceptors (Lipinski definition) is 6. The third kappa shape index (κ3) is 4.53. The van der Waals surface area contributed by atoms with E-state index in [-0.39, 0.29) is 17.4 Å². The van der Waals surface area contributed by atoms with E-state index in [0.717, 1.165) is 13.0 Å². The number of nitrogens with one attached hydrogen (secondary N) is 2. The van der Waals surface area contributed by atoms with Crippen molar-refractivity contribution < 1.29 is 14.3 Å². The summed E-state index contributed by atoms with van der Waals surface area (Å²) in [6, 6.07) is 8.19. The van der Waals surface area contributed by atoms with Crippen LogP contribution < -0.4 is 15.6 Å². The lowest BCUT2D eigenvalue weighted by atomic mass is 10.2. The van der Waals surface area contributed by atoms with Crippen LogP contribution in [0.5, 0.6) is 5.88 Å². The van der Waals surface area contributed by atoms with Crippen molar-refractivity contribution in [3.05, 3.63) is 58.6 Å². The normalized spacial score (nSPS) is 13.4. The molecule has 1 saturated heterocycles. The molecule has 3 aromatic rings. The van der Waals surface area contributed by atoms with Crippen LogP contribution in [0.3, 0.4) is 0 Å². The fourth-order valence-corrected chi connectivity index (χ4v) is 3.63. The predicted molar refractivity (Wildman–Crippen MR) is 117 cm³/mol. The van der Waals surface area contributed by atoms with Gasteiger partial charge >= 0.3 is 0 Å². The highest BCUT2D eigenvalue weighted by Crippen LogP contribution is 2.25. The van der Waals surface area contributed by atoms with Crippen LogP contribution in [0.25, 0.3) is 17.1 Å². The Kier molecular flexibility index (Phi) is 6.29. The molecule has 0 unspecified atom stereocenters. The third-order valence-electron chi connectivity index (χ3n) is 5.28. The van der Waals surface area contributed by atoms with Crippen molar-refractivity contribution >= 4 is 11.8 Å². The molecule has 2 amide bonds. The molecule has 0 atom stereocenters. The van der Waals surface area contributed by atoms with Crippen molar-refractivity contribution in [3.63, 3.8) is 0 Å².